The van der Waals surface area contributed by atoms with Gasteiger partial charge in [0.25, 0.3) is 0 Å². The summed E-state index contributed by atoms with van der Waals surface area (Å²) in [6.07, 6.45) is -1.25. The number of carboxylic acid groups (broad SMARTS) is 1. The van der Waals surface area contributed by atoms with Gasteiger partial charge in [-0.25, -0.2) is 9.59 Å². The van der Waals surface area contributed by atoms with Gasteiger partial charge < -0.3 is 15.2 Å². The van der Waals surface area contributed by atoms with Gasteiger partial charge in [-0.15, -0.1) is 0 Å². The molecule has 3 aromatic carbocycles. The maximum absolute atomic E-state index is 12.5. The molecule has 0 radical (unpaired) electrons. The van der Waals surface area contributed by atoms with Gasteiger partial charge in [0.15, 0.2) is 5.78 Å². The number of alkyl carbamates (subject to hydrolysis) is 1. The topological polar surface area (TPSA) is 92.7 Å². The number of ether oxygens (including phenoxy) is 1. The molecule has 1 aliphatic carbocycles. The molecule has 0 spiro atoms. The number of aliphatic carboxylic acids is 1. The highest BCUT2D eigenvalue weighted by Crippen LogP contribution is 2.44. The minimum absolute atomic E-state index is 0.0613. The van der Waals surface area contributed by atoms with Crippen LogP contribution in [0, 0.1) is 0 Å². The Balaban J connectivity index is 1.41. The summed E-state index contributed by atoms with van der Waals surface area (Å²) in [5.74, 6) is -1.83. The summed E-state index contributed by atoms with van der Waals surface area (Å²) in [4.78, 5) is 36.5. The molecule has 1 atom stereocenters. The van der Waals surface area contributed by atoms with Crippen LogP contribution in [0.5, 0.6) is 0 Å². The smallest absolute Gasteiger partial charge is 0.407 e. The first-order valence-corrected chi connectivity index (χ1v) is 10.9. The average molecular weight is 494 g/mol. The molecule has 1 aliphatic rings. The summed E-state index contributed by atoms with van der Waals surface area (Å²) in [5, 5.41) is 11.8. The fraction of sp³-hybridized carbons (Fsp3) is 0.160. The lowest BCUT2D eigenvalue weighted by atomic mass is 9.98. The van der Waals surface area contributed by atoms with Crippen molar-refractivity contribution < 1.29 is 24.2 Å². The van der Waals surface area contributed by atoms with E-state index in [9.17, 15) is 19.5 Å². The molecule has 0 fully saturated rings. The van der Waals surface area contributed by atoms with Crippen LogP contribution >= 0.6 is 15.9 Å². The van der Waals surface area contributed by atoms with Gasteiger partial charge in [-0.2, -0.15) is 0 Å². The van der Waals surface area contributed by atoms with E-state index in [1.807, 2.05) is 48.5 Å². The Morgan fingerprint density at radius 1 is 0.938 bits per heavy atom. The number of hydrogen-bond donors (Lipinski definition) is 2. The Morgan fingerprint density at radius 3 is 2.16 bits per heavy atom. The zero-order valence-corrected chi connectivity index (χ0v) is 18.5. The molecule has 6 nitrogen and oxygen atoms in total. The SMILES string of the molecule is O=C(NC(CC(=O)c1cccc(Br)c1)C(=O)O)OCC1c2ccccc2-c2ccccc21. The monoisotopic (exact) mass is 493 g/mol. The van der Waals surface area contributed by atoms with E-state index in [2.05, 4.69) is 21.2 Å². The van der Waals surface area contributed by atoms with E-state index >= 15 is 0 Å². The maximum atomic E-state index is 12.5. The van der Waals surface area contributed by atoms with Gasteiger partial charge >= 0.3 is 12.1 Å². The molecular weight excluding hydrogens is 474 g/mol. The van der Waals surface area contributed by atoms with Gasteiger partial charge in [0.05, 0.1) is 0 Å². The summed E-state index contributed by atoms with van der Waals surface area (Å²) in [6, 6.07) is 21.1. The van der Waals surface area contributed by atoms with Crippen molar-refractivity contribution in [2.45, 2.75) is 18.4 Å². The number of Topliss-reactive ketones (excluding diaryl/α,β-unsaturated/α-hetero) is 1. The molecule has 1 amide bonds. The normalized spacial score (nSPS) is 13.0. The van der Waals surface area contributed by atoms with E-state index in [1.165, 1.54) is 0 Å². The molecule has 0 bridgehead atoms. The number of nitrogens with one attached hydrogen (secondary N) is 1. The quantitative estimate of drug-likeness (QED) is 0.451. The molecule has 1 unspecified atom stereocenters. The second-order valence-corrected chi connectivity index (χ2v) is 8.41. The number of carbonyl (C=O) groups excluding carboxylic acids is 2. The van der Waals surface area contributed by atoms with Crippen molar-refractivity contribution in [1.29, 1.82) is 0 Å². The van der Waals surface area contributed by atoms with Crippen molar-refractivity contribution in [3.63, 3.8) is 0 Å². The van der Waals surface area contributed by atoms with Crippen LogP contribution in [0.1, 0.15) is 33.8 Å². The third-order valence-corrected chi connectivity index (χ3v) is 5.96. The number of rotatable bonds is 7. The summed E-state index contributed by atoms with van der Waals surface area (Å²) in [6.45, 7) is 0.0613. The number of amides is 1. The number of halogens is 1. The number of ketones is 1. The Hall–Kier alpha value is -3.45. The zero-order valence-electron chi connectivity index (χ0n) is 17.0. The van der Waals surface area contributed by atoms with Crippen LogP contribution in [0.25, 0.3) is 11.1 Å². The fourth-order valence-corrected chi connectivity index (χ4v) is 4.35. The lowest BCUT2D eigenvalue weighted by Gasteiger charge is -2.17. The predicted molar refractivity (Wildman–Crippen MR) is 123 cm³/mol. The van der Waals surface area contributed by atoms with Crippen LogP contribution in [0.15, 0.2) is 77.3 Å². The van der Waals surface area contributed by atoms with E-state index < -0.39 is 23.9 Å². The third kappa shape index (κ3) is 4.57. The minimum atomic E-state index is -1.39. The Labute approximate surface area is 193 Å². The second-order valence-electron chi connectivity index (χ2n) is 7.50. The highest BCUT2D eigenvalue weighted by atomic mass is 79.9. The highest BCUT2D eigenvalue weighted by molar-refractivity contribution is 9.10. The van der Waals surface area contributed by atoms with Crippen molar-refractivity contribution in [2.75, 3.05) is 6.61 Å². The van der Waals surface area contributed by atoms with Crippen LogP contribution in [0.2, 0.25) is 0 Å². The van der Waals surface area contributed by atoms with Gasteiger partial charge in [0, 0.05) is 22.4 Å². The Morgan fingerprint density at radius 2 is 1.56 bits per heavy atom. The van der Waals surface area contributed by atoms with Gasteiger partial charge in [0.1, 0.15) is 12.6 Å². The van der Waals surface area contributed by atoms with E-state index in [0.717, 1.165) is 22.3 Å². The van der Waals surface area contributed by atoms with Crippen molar-refractivity contribution >= 4 is 33.8 Å². The largest absolute Gasteiger partial charge is 0.480 e. The first kappa shape index (κ1) is 21.8. The van der Waals surface area contributed by atoms with Gasteiger partial charge in [-0.1, -0.05) is 76.6 Å². The summed E-state index contributed by atoms with van der Waals surface area (Å²) in [7, 11) is 0. The molecule has 0 heterocycles. The number of hydrogen-bond acceptors (Lipinski definition) is 4. The maximum Gasteiger partial charge on any atom is 0.407 e. The molecular formula is C25H20BrNO5. The van der Waals surface area contributed by atoms with E-state index in [4.69, 9.17) is 4.74 Å². The van der Waals surface area contributed by atoms with Gasteiger partial charge in [-0.3, -0.25) is 4.79 Å². The molecule has 3 aromatic rings. The summed E-state index contributed by atoms with van der Waals surface area (Å²) >= 11 is 3.28. The molecule has 162 valence electrons. The zero-order chi connectivity index (χ0) is 22.7. The van der Waals surface area contributed by atoms with Crippen molar-refractivity contribution in [1.82, 2.24) is 5.32 Å². The fourth-order valence-electron chi connectivity index (χ4n) is 3.95. The molecule has 32 heavy (non-hydrogen) atoms. The standard InChI is InChI=1S/C25H20BrNO5/c26-16-7-5-6-15(12-16)23(28)13-22(24(29)30)27-25(31)32-14-21-19-10-3-1-8-17(19)18-9-2-4-11-20(18)21/h1-12,21-22H,13-14H2,(H,27,31)(H,29,30). The van der Waals surface area contributed by atoms with Crippen LogP contribution in [-0.4, -0.2) is 35.6 Å². The van der Waals surface area contributed by atoms with Crippen molar-refractivity contribution in [3.8, 4) is 11.1 Å². The molecule has 0 saturated carbocycles. The van der Waals surface area contributed by atoms with E-state index in [1.54, 1.807) is 24.3 Å². The van der Waals surface area contributed by atoms with Crippen LogP contribution in [0.3, 0.4) is 0 Å². The Bertz CT molecular complexity index is 1150. The number of benzene rings is 3. The highest BCUT2D eigenvalue weighted by Gasteiger charge is 2.30. The number of carboxylic acids is 1. The molecule has 7 heteroatoms. The third-order valence-electron chi connectivity index (χ3n) is 5.47. The van der Waals surface area contributed by atoms with Crippen molar-refractivity contribution in [2.24, 2.45) is 0 Å². The minimum Gasteiger partial charge on any atom is -0.480 e. The molecule has 0 aromatic heterocycles. The molecule has 0 aliphatic heterocycles. The van der Waals surface area contributed by atoms with Crippen LogP contribution < -0.4 is 5.32 Å². The number of fused-ring (bicyclic) bond motifs is 3. The molecule has 0 saturated heterocycles. The average Bonchev–Trinajstić information content (AvgIpc) is 3.11. The van der Waals surface area contributed by atoms with Gasteiger partial charge in [0.2, 0.25) is 0 Å². The van der Waals surface area contributed by atoms with Crippen molar-refractivity contribution in [3.05, 3.63) is 94.0 Å². The summed E-state index contributed by atoms with van der Waals surface area (Å²) < 4.78 is 6.10. The predicted octanol–water partition coefficient (Wildman–Crippen LogP) is 5.01. The summed E-state index contributed by atoms with van der Waals surface area (Å²) in [5.41, 5.74) is 4.67. The van der Waals surface area contributed by atoms with Crippen LogP contribution in [-0.2, 0) is 9.53 Å². The van der Waals surface area contributed by atoms with E-state index in [0.29, 0.717) is 10.0 Å². The van der Waals surface area contributed by atoms with Gasteiger partial charge in [-0.05, 0) is 34.4 Å². The first-order valence-electron chi connectivity index (χ1n) is 10.1. The lowest BCUT2D eigenvalue weighted by Crippen LogP contribution is -2.42. The second kappa shape index (κ2) is 9.36. The lowest BCUT2D eigenvalue weighted by molar-refractivity contribution is -0.139. The van der Waals surface area contributed by atoms with Crippen LogP contribution in [0.4, 0.5) is 4.79 Å². The van der Waals surface area contributed by atoms with E-state index in [-0.39, 0.29) is 18.9 Å². The molecule has 2 N–H and O–H groups in total. The first-order chi connectivity index (χ1) is 15.4. The number of carbonyl (C=O) groups is 3. The Kier molecular flexibility index (Phi) is 6.37. The molecule has 4 rings (SSSR count).